The van der Waals surface area contributed by atoms with Crippen LogP contribution in [0.4, 0.5) is 0 Å². The number of hydrogen-bond donors (Lipinski definition) is 2. The standard InChI is InChI=1S/C18H18N4O2S/c1-10-20-15(9-25-10)17-21-14-7-12(8-19-18(23)16(14)22-17)11-4-3-5-13(6-11)24-2/h3-6,9,12H,7-8H2,1-2H3,(H,19,23)(H,21,22). The van der Waals surface area contributed by atoms with Crippen molar-refractivity contribution in [2.75, 3.05) is 13.7 Å². The number of aromatic amines is 1. The number of thiazole rings is 1. The molecule has 0 saturated heterocycles. The van der Waals surface area contributed by atoms with Gasteiger partial charge in [0.05, 0.1) is 12.1 Å². The minimum atomic E-state index is -0.144. The Labute approximate surface area is 149 Å². The van der Waals surface area contributed by atoms with E-state index in [1.165, 1.54) is 0 Å². The van der Waals surface area contributed by atoms with E-state index in [4.69, 9.17) is 4.74 Å². The fourth-order valence-electron chi connectivity index (χ4n) is 3.09. The van der Waals surface area contributed by atoms with Gasteiger partial charge in [-0.15, -0.1) is 11.3 Å². The van der Waals surface area contributed by atoms with Crippen molar-refractivity contribution < 1.29 is 9.53 Å². The van der Waals surface area contributed by atoms with Gasteiger partial charge < -0.3 is 15.0 Å². The molecule has 6 nitrogen and oxygen atoms in total. The third-order valence-corrected chi connectivity index (χ3v) is 5.15. The number of nitrogens with one attached hydrogen (secondary N) is 2. The molecule has 1 unspecified atom stereocenters. The van der Waals surface area contributed by atoms with Gasteiger partial charge in [0.15, 0.2) is 5.82 Å². The summed E-state index contributed by atoms with van der Waals surface area (Å²) in [6.45, 7) is 2.52. The molecule has 0 aliphatic carbocycles. The highest BCUT2D eigenvalue weighted by Gasteiger charge is 2.27. The Morgan fingerprint density at radius 2 is 2.20 bits per heavy atom. The fraction of sp³-hybridized carbons (Fsp3) is 0.278. The number of amides is 1. The van der Waals surface area contributed by atoms with Gasteiger partial charge in [0, 0.05) is 23.5 Å². The summed E-state index contributed by atoms with van der Waals surface area (Å²) < 4.78 is 5.32. The van der Waals surface area contributed by atoms with Gasteiger partial charge in [-0.3, -0.25) is 4.79 Å². The molecule has 0 fully saturated rings. The number of rotatable bonds is 3. The molecule has 7 heteroatoms. The molecule has 128 valence electrons. The maximum Gasteiger partial charge on any atom is 0.271 e. The number of imidazole rings is 1. The van der Waals surface area contributed by atoms with Crippen molar-refractivity contribution in [3.63, 3.8) is 0 Å². The summed E-state index contributed by atoms with van der Waals surface area (Å²) in [5.74, 6) is 1.48. The first-order valence-corrected chi connectivity index (χ1v) is 8.95. The van der Waals surface area contributed by atoms with Crippen LogP contribution in [0.25, 0.3) is 11.5 Å². The van der Waals surface area contributed by atoms with Crippen LogP contribution in [0.5, 0.6) is 5.75 Å². The summed E-state index contributed by atoms with van der Waals surface area (Å²) >= 11 is 1.57. The number of fused-ring (bicyclic) bond motifs is 1. The molecule has 2 N–H and O–H groups in total. The summed E-state index contributed by atoms with van der Waals surface area (Å²) in [5, 5.41) is 5.90. The summed E-state index contributed by atoms with van der Waals surface area (Å²) in [6, 6.07) is 7.97. The number of methoxy groups -OCH3 is 1. The van der Waals surface area contributed by atoms with E-state index in [2.05, 4.69) is 26.3 Å². The molecule has 1 aliphatic heterocycles. The monoisotopic (exact) mass is 354 g/mol. The molecule has 2 aromatic heterocycles. The first-order valence-electron chi connectivity index (χ1n) is 8.07. The normalized spacial score (nSPS) is 16.9. The second-order valence-electron chi connectivity index (χ2n) is 6.05. The summed E-state index contributed by atoms with van der Waals surface area (Å²) in [4.78, 5) is 24.7. The van der Waals surface area contributed by atoms with Crippen LogP contribution in [-0.2, 0) is 6.42 Å². The number of hydrogen-bond acceptors (Lipinski definition) is 5. The van der Waals surface area contributed by atoms with Crippen molar-refractivity contribution in [2.45, 2.75) is 19.3 Å². The topological polar surface area (TPSA) is 79.9 Å². The van der Waals surface area contributed by atoms with E-state index in [1.54, 1.807) is 18.4 Å². The molecule has 0 radical (unpaired) electrons. The minimum Gasteiger partial charge on any atom is -0.497 e. The maximum absolute atomic E-state index is 12.4. The number of carbonyl (C=O) groups is 1. The molecule has 0 bridgehead atoms. The lowest BCUT2D eigenvalue weighted by Gasteiger charge is -2.15. The van der Waals surface area contributed by atoms with Gasteiger partial charge >= 0.3 is 0 Å². The van der Waals surface area contributed by atoms with Crippen LogP contribution in [0.15, 0.2) is 29.6 Å². The van der Waals surface area contributed by atoms with Gasteiger partial charge in [-0.05, 0) is 31.0 Å². The van der Waals surface area contributed by atoms with Crippen molar-refractivity contribution in [1.29, 1.82) is 0 Å². The predicted octanol–water partition coefficient (Wildman–Crippen LogP) is 2.92. The Hall–Kier alpha value is -2.67. The molecular formula is C18H18N4O2S. The molecule has 1 aliphatic rings. The molecule has 0 spiro atoms. The van der Waals surface area contributed by atoms with Crippen molar-refractivity contribution in [2.24, 2.45) is 0 Å². The highest BCUT2D eigenvalue weighted by molar-refractivity contribution is 7.09. The van der Waals surface area contributed by atoms with E-state index in [9.17, 15) is 4.79 Å². The van der Waals surface area contributed by atoms with Crippen LogP contribution in [-0.4, -0.2) is 34.5 Å². The zero-order chi connectivity index (χ0) is 17.4. The van der Waals surface area contributed by atoms with Crippen molar-refractivity contribution in [3.05, 3.63) is 51.6 Å². The lowest BCUT2D eigenvalue weighted by molar-refractivity contribution is 0.0950. The van der Waals surface area contributed by atoms with E-state index in [0.29, 0.717) is 24.5 Å². The molecule has 3 heterocycles. The van der Waals surface area contributed by atoms with Crippen LogP contribution < -0.4 is 10.1 Å². The highest BCUT2D eigenvalue weighted by Crippen LogP contribution is 2.28. The quantitative estimate of drug-likeness (QED) is 0.758. The Bertz CT molecular complexity index is 931. The first-order chi connectivity index (χ1) is 12.1. The van der Waals surface area contributed by atoms with Gasteiger partial charge in [-0.2, -0.15) is 0 Å². The first kappa shape index (κ1) is 15.8. The van der Waals surface area contributed by atoms with Gasteiger partial charge in [0.25, 0.3) is 5.91 Å². The average Bonchev–Trinajstić information content (AvgIpc) is 3.21. The molecule has 1 aromatic carbocycles. The summed E-state index contributed by atoms with van der Waals surface area (Å²) in [6.07, 6.45) is 0.706. The molecule has 1 amide bonds. The molecule has 25 heavy (non-hydrogen) atoms. The van der Waals surface area contributed by atoms with Crippen LogP contribution in [0.1, 0.15) is 32.7 Å². The molecule has 4 rings (SSSR count). The fourth-order valence-corrected chi connectivity index (χ4v) is 3.69. The molecule has 1 atom stereocenters. The Balaban J connectivity index is 1.68. The number of nitrogens with zero attached hydrogens (tertiary/aromatic N) is 2. The van der Waals surface area contributed by atoms with E-state index < -0.39 is 0 Å². The van der Waals surface area contributed by atoms with Crippen LogP contribution in [0, 0.1) is 6.92 Å². The summed E-state index contributed by atoms with van der Waals surface area (Å²) in [7, 11) is 1.66. The maximum atomic E-state index is 12.4. The number of ether oxygens (including phenoxy) is 1. The van der Waals surface area contributed by atoms with Crippen molar-refractivity contribution in [1.82, 2.24) is 20.3 Å². The molecule has 0 saturated carbocycles. The summed E-state index contributed by atoms with van der Waals surface area (Å²) in [5.41, 5.74) is 3.23. The van der Waals surface area contributed by atoms with Gasteiger partial charge in [0.1, 0.15) is 17.1 Å². The number of H-pyrrole nitrogens is 1. The Morgan fingerprint density at radius 3 is 2.96 bits per heavy atom. The van der Waals surface area contributed by atoms with E-state index in [0.717, 1.165) is 27.7 Å². The number of benzene rings is 1. The second kappa shape index (κ2) is 6.33. The van der Waals surface area contributed by atoms with Crippen molar-refractivity contribution >= 4 is 17.2 Å². The zero-order valence-electron chi connectivity index (χ0n) is 14.0. The van der Waals surface area contributed by atoms with Crippen LogP contribution in [0.3, 0.4) is 0 Å². The number of aromatic nitrogens is 3. The lowest BCUT2D eigenvalue weighted by atomic mass is 9.94. The van der Waals surface area contributed by atoms with E-state index >= 15 is 0 Å². The van der Waals surface area contributed by atoms with Crippen LogP contribution >= 0.6 is 11.3 Å². The van der Waals surface area contributed by atoms with Crippen molar-refractivity contribution in [3.8, 4) is 17.3 Å². The lowest BCUT2D eigenvalue weighted by Crippen LogP contribution is -2.26. The van der Waals surface area contributed by atoms with E-state index in [-0.39, 0.29) is 11.8 Å². The second-order valence-corrected chi connectivity index (χ2v) is 7.11. The number of carbonyl (C=O) groups excluding carboxylic acids is 1. The Morgan fingerprint density at radius 1 is 1.32 bits per heavy atom. The zero-order valence-corrected chi connectivity index (χ0v) is 14.8. The van der Waals surface area contributed by atoms with Gasteiger partial charge in [-0.1, -0.05) is 12.1 Å². The minimum absolute atomic E-state index is 0.144. The SMILES string of the molecule is COc1cccc(C2CNC(=O)c3nc(-c4csc(C)n4)[nH]c3C2)c1. The average molecular weight is 354 g/mol. The van der Waals surface area contributed by atoms with Gasteiger partial charge in [-0.25, -0.2) is 9.97 Å². The largest absolute Gasteiger partial charge is 0.497 e. The van der Waals surface area contributed by atoms with Gasteiger partial charge in [0.2, 0.25) is 0 Å². The highest BCUT2D eigenvalue weighted by atomic mass is 32.1. The number of aryl methyl sites for hydroxylation is 1. The molecule has 3 aromatic rings. The molecular weight excluding hydrogens is 336 g/mol. The van der Waals surface area contributed by atoms with E-state index in [1.807, 2.05) is 30.5 Å². The predicted molar refractivity (Wildman–Crippen MR) is 96.2 cm³/mol. The Kier molecular flexibility index (Phi) is 4.01. The third kappa shape index (κ3) is 3.02. The van der Waals surface area contributed by atoms with Crippen LogP contribution in [0.2, 0.25) is 0 Å². The third-order valence-electron chi connectivity index (χ3n) is 4.38. The smallest absolute Gasteiger partial charge is 0.271 e.